The van der Waals surface area contributed by atoms with E-state index in [9.17, 15) is 0 Å². The molecule has 6 bridgehead atoms. The van der Waals surface area contributed by atoms with Crippen LogP contribution in [-0.2, 0) is 26.3 Å². The molecule has 0 fully saturated rings. The zero-order valence-corrected chi connectivity index (χ0v) is 18.1. The lowest BCUT2D eigenvalue weighted by molar-refractivity contribution is -0.660. The van der Waals surface area contributed by atoms with E-state index in [-0.39, 0.29) is 0 Å². The van der Waals surface area contributed by atoms with Crippen molar-refractivity contribution in [1.82, 2.24) is 4.98 Å². The standard InChI is InChI=1S/C29H27N2/c1-19-7-12-23-24-13-15-30-27-6-4-3-5-20-8-10-21(11-9-20)22-14-16-31(2)28(17-22)29(19)26(23)18-25(24)27/h7-17H,3-6,18H2,1-2H3/q+1/i6D2. The Hall–Kier alpha value is -3.26. The normalized spacial score (nSPS) is 16.7. The topological polar surface area (TPSA) is 16.8 Å². The third-order valence-electron chi connectivity index (χ3n) is 6.85. The highest BCUT2D eigenvalue weighted by molar-refractivity contribution is 5.86. The van der Waals surface area contributed by atoms with E-state index in [2.05, 4.69) is 84.3 Å². The lowest BCUT2D eigenvalue weighted by atomic mass is 9.92. The third-order valence-corrected chi connectivity index (χ3v) is 6.85. The maximum absolute atomic E-state index is 8.91. The quantitative estimate of drug-likeness (QED) is 0.289. The largest absolute Gasteiger partial charge is 0.261 e. The lowest BCUT2D eigenvalue weighted by Crippen LogP contribution is -2.31. The molecule has 0 saturated carbocycles. The lowest BCUT2D eigenvalue weighted by Gasteiger charge is -2.12. The Balaban J connectivity index is 1.65. The van der Waals surface area contributed by atoms with Crippen molar-refractivity contribution in [1.29, 1.82) is 0 Å². The van der Waals surface area contributed by atoms with Crippen LogP contribution >= 0.6 is 0 Å². The number of aryl methyl sites for hydroxylation is 4. The molecule has 31 heavy (non-hydrogen) atoms. The minimum Gasteiger partial charge on any atom is -0.261 e. The van der Waals surface area contributed by atoms with Crippen molar-refractivity contribution in [3.8, 4) is 33.5 Å². The van der Waals surface area contributed by atoms with Crippen molar-refractivity contribution in [3.05, 3.63) is 94.9 Å². The van der Waals surface area contributed by atoms with Gasteiger partial charge in [-0.15, -0.1) is 0 Å². The molecule has 2 heterocycles. The second-order valence-corrected chi connectivity index (χ2v) is 8.78. The van der Waals surface area contributed by atoms with E-state index < -0.39 is 6.37 Å². The van der Waals surface area contributed by atoms with Crippen LogP contribution in [0.3, 0.4) is 0 Å². The molecule has 0 amide bonds. The molecule has 4 aromatic rings. The molecule has 3 aliphatic rings. The summed E-state index contributed by atoms with van der Waals surface area (Å²) in [7, 11) is 2.10. The molecule has 2 heteroatoms. The number of benzene rings is 2. The zero-order chi connectivity index (χ0) is 22.7. The van der Waals surface area contributed by atoms with Crippen LogP contribution < -0.4 is 4.57 Å². The highest BCUT2D eigenvalue weighted by Gasteiger charge is 2.28. The van der Waals surface area contributed by atoms with Gasteiger partial charge >= 0.3 is 0 Å². The van der Waals surface area contributed by atoms with Gasteiger partial charge in [0.15, 0.2) is 6.20 Å². The first-order valence-electron chi connectivity index (χ1n) is 12.1. The van der Waals surface area contributed by atoms with Crippen LogP contribution in [0, 0.1) is 6.92 Å². The van der Waals surface area contributed by atoms with E-state index in [0.29, 0.717) is 12.1 Å². The predicted octanol–water partition coefficient (Wildman–Crippen LogP) is 6.00. The van der Waals surface area contributed by atoms with Crippen LogP contribution in [0.4, 0.5) is 0 Å². The second-order valence-electron chi connectivity index (χ2n) is 8.78. The summed E-state index contributed by atoms with van der Waals surface area (Å²) in [4.78, 5) is 4.60. The van der Waals surface area contributed by atoms with Gasteiger partial charge in [0.1, 0.15) is 7.05 Å². The minimum absolute atomic E-state index is 0.467. The summed E-state index contributed by atoms with van der Waals surface area (Å²) in [6.45, 7) is 2.18. The number of hydrogen-bond acceptors (Lipinski definition) is 1. The molecule has 0 unspecified atom stereocenters. The molecule has 2 aromatic carbocycles. The van der Waals surface area contributed by atoms with Gasteiger partial charge < -0.3 is 0 Å². The number of hydrogen-bond donors (Lipinski definition) is 0. The van der Waals surface area contributed by atoms with E-state index in [1.54, 1.807) is 6.20 Å². The summed E-state index contributed by atoms with van der Waals surface area (Å²) in [6, 6.07) is 19.7. The van der Waals surface area contributed by atoms with Crippen molar-refractivity contribution in [2.24, 2.45) is 7.05 Å². The van der Waals surface area contributed by atoms with Gasteiger partial charge in [-0.3, -0.25) is 4.98 Å². The van der Waals surface area contributed by atoms with Gasteiger partial charge in [-0.05, 0) is 83.1 Å². The van der Waals surface area contributed by atoms with Crippen molar-refractivity contribution in [3.63, 3.8) is 0 Å². The average Bonchev–Trinajstić information content (AvgIpc) is 3.18. The Kier molecular flexibility index (Phi) is 3.80. The molecule has 0 atom stereocenters. The Morgan fingerprint density at radius 3 is 2.61 bits per heavy atom. The van der Waals surface area contributed by atoms with Gasteiger partial charge in [0.2, 0.25) is 5.69 Å². The Morgan fingerprint density at radius 1 is 0.903 bits per heavy atom. The van der Waals surface area contributed by atoms with E-state index in [0.717, 1.165) is 30.4 Å². The van der Waals surface area contributed by atoms with Crippen LogP contribution in [-0.4, -0.2) is 4.98 Å². The first kappa shape index (κ1) is 16.4. The van der Waals surface area contributed by atoms with Crippen molar-refractivity contribution < 1.29 is 7.31 Å². The summed E-state index contributed by atoms with van der Waals surface area (Å²) in [5.74, 6) is 0. The highest BCUT2D eigenvalue weighted by Crippen LogP contribution is 2.43. The van der Waals surface area contributed by atoms with Gasteiger partial charge in [0, 0.05) is 33.2 Å². The molecular formula is C29H27N2+. The highest BCUT2D eigenvalue weighted by atomic mass is 14.9. The van der Waals surface area contributed by atoms with Crippen molar-refractivity contribution in [2.75, 3.05) is 0 Å². The first-order valence-corrected chi connectivity index (χ1v) is 11.1. The van der Waals surface area contributed by atoms with Gasteiger partial charge in [0.25, 0.3) is 0 Å². The summed E-state index contributed by atoms with van der Waals surface area (Å²) in [6.07, 6.45) is 5.33. The summed E-state index contributed by atoms with van der Waals surface area (Å²) in [5, 5.41) is 0. The Labute approximate surface area is 187 Å². The minimum atomic E-state index is -1.45. The van der Waals surface area contributed by atoms with Crippen molar-refractivity contribution in [2.45, 2.75) is 39.0 Å². The molecular weight excluding hydrogens is 376 g/mol. The molecule has 2 aromatic heterocycles. The monoisotopic (exact) mass is 405 g/mol. The van der Waals surface area contributed by atoms with Gasteiger partial charge in [0.05, 0.1) is 5.56 Å². The van der Waals surface area contributed by atoms with E-state index in [1.807, 2.05) is 0 Å². The fraction of sp³-hybridized carbons (Fsp3) is 0.241. The van der Waals surface area contributed by atoms with E-state index in [1.165, 1.54) is 44.6 Å². The molecule has 0 saturated heterocycles. The fourth-order valence-electron chi connectivity index (χ4n) is 5.17. The van der Waals surface area contributed by atoms with Gasteiger partial charge in [-0.25, -0.2) is 4.57 Å². The Morgan fingerprint density at radius 2 is 1.74 bits per heavy atom. The number of rotatable bonds is 0. The summed E-state index contributed by atoms with van der Waals surface area (Å²) in [5.41, 5.74) is 12.6. The zero-order valence-electron chi connectivity index (χ0n) is 20.1. The first-order chi connectivity index (χ1) is 15.9. The molecule has 3 aliphatic carbocycles. The number of nitrogens with zero attached hydrogens (tertiary/aromatic N) is 2. The fourth-order valence-corrected chi connectivity index (χ4v) is 5.17. The summed E-state index contributed by atoms with van der Waals surface area (Å²) >= 11 is 0. The van der Waals surface area contributed by atoms with Crippen LogP contribution in [0.15, 0.2) is 67.0 Å². The number of pyridine rings is 2. The van der Waals surface area contributed by atoms with Gasteiger partial charge in [-0.2, -0.15) is 0 Å². The molecule has 2 nitrogen and oxygen atoms in total. The smallest absolute Gasteiger partial charge is 0.213 e. The molecule has 7 rings (SSSR count). The van der Waals surface area contributed by atoms with E-state index in [4.69, 9.17) is 2.74 Å². The van der Waals surface area contributed by atoms with Crippen LogP contribution in [0.5, 0.6) is 0 Å². The third kappa shape index (κ3) is 3.01. The average molecular weight is 406 g/mol. The maximum atomic E-state index is 8.91. The SMILES string of the molecule is [2H]C1([2H])CCCc2ccc(cc2)-c2cc[n+](C)c(c2)-c2c(C)ccc3c2Cc2c-3ccnc21. The summed E-state index contributed by atoms with van der Waals surface area (Å²) < 4.78 is 20.0. The number of fused-ring (bicyclic) bond motifs is 6. The maximum Gasteiger partial charge on any atom is 0.213 e. The van der Waals surface area contributed by atoms with E-state index >= 15 is 0 Å². The van der Waals surface area contributed by atoms with Crippen LogP contribution in [0.1, 0.15) is 43.5 Å². The molecule has 0 spiro atoms. The van der Waals surface area contributed by atoms with Crippen LogP contribution in [0.25, 0.3) is 33.5 Å². The molecule has 152 valence electrons. The second kappa shape index (κ2) is 7.16. The Bertz CT molecular complexity index is 1400. The predicted molar refractivity (Wildman–Crippen MR) is 126 cm³/mol. The van der Waals surface area contributed by atoms with Crippen molar-refractivity contribution >= 4 is 0 Å². The van der Waals surface area contributed by atoms with Crippen LogP contribution in [0.2, 0.25) is 0 Å². The van der Waals surface area contributed by atoms with Gasteiger partial charge in [-0.1, -0.05) is 36.4 Å². The molecule has 0 N–H and O–H groups in total. The number of aromatic nitrogens is 2. The molecule has 0 aliphatic heterocycles. The molecule has 0 radical (unpaired) electrons.